The zero-order valence-electron chi connectivity index (χ0n) is 12.9. The summed E-state index contributed by atoms with van der Waals surface area (Å²) in [5.41, 5.74) is 3.28. The number of carbonyl (C=O) groups is 2. The Kier molecular flexibility index (Phi) is 3.83. The summed E-state index contributed by atoms with van der Waals surface area (Å²) in [4.78, 5) is 25.2. The highest BCUT2D eigenvalue weighted by Crippen LogP contribution is 2.41. The summed E-state index contributed by atoms with van der Waals surface area (Å²) in [5, 5.41) is 0.426. The fourth-order valence-electron chi connectivity index (χ4n) is 2.61. The van der Waals surface area contributed by atoms with Crippen molar-refractivity contribution in [3.8, 4) is 0 Å². The molecule has 2 heterocycles. The van der Waals surface area contributed by atoms with Gasteiger partial charge < -0.3 is 4.57 Å². The molecule has 1 saturated heterocycles. The number of carbonyl (C=O) groups excluding carboxylic acids is 2. The molecule has 3 rings (SSSR count). The maximum Gasteiger partial charge on any atom is 0.289 e. The van der Waals surface area contributed by atoms with Crippen molar-refractivity contribution in [1.82, 2.24) is 9.47 Å². The molecular weight excluding hydrogens is 296 g/mol. The van der Waals surface area contributed by atoms with E-state index in [2.05, 4.69) is 24.5 Å². The van der Waals surface area contributed by atoms with E-state index in [4.69, 9.17) is 0 Å². The molecule has 0 spiro atoms. The van der Waals surface area contributed by atoms with Crippen LogP contribution in [0.25, 0.3) is 10.9 Å². The van der Waals surface area contributed by atoms with Crippen molar-refractivity contribution < 1.29 is 9.59 Å². The second-order valence-corrected chi connectivity index (χ2v) is 6.75. The van der Waals surface area contributed by atoms with E-state index in [1.54, 1.807) is 0 Å². The lowest BCUT2D eigenvalue weighted by molar-refractivity contribution is -0.125. The standard InChI is InChI=1S/C17H18N2O2S/c1-11(2)7-9-19-10-8-12-13(5-4-6-14(12)19)15-16(20)18(3)17(21)22-15/h4-8,10,15H,9H2,1-3H3. The average molecular weight is 314 g/mol. The molecule has 1 aromatic carbocycles. The molecule has 5 heteroatoms. The van der Waals surface area contributed by atoms with Gasteiger partial charge in [0.2, 0.25) is 5.91 Å². The van der Waals surface area contributed by atoms with Crippen LogP contribution in [0.5, 0.6) is 0 Å². The van der Waals surface area contributed by atoms with Crippen molar-refractivity contribution >= 4 is 33.8 Å². The van der Waals surface area contributed by atoms with Crippen molar-refractivity contribution in [2.45, 2.75) is 25.6 Å². The number of fused-ring (bicyclic) bond motifs is 1. The number of rotatable bonds is 3. The van der Waals surface area contributed by atoms with Crippen LogP contribution in [0.15, 0.2) is 42.1 Å². The van der Waals surface area contributed by atoms with E-state index in [-0.39, 0.29) is 11.1 Å². The van der Waals surface area contributed by atoms with Crippen LogP contribution in [-0.2, 0) is 11.3 Å². The third-order valence-corrected chi connectivity index (χ3v) is 5.04. The molecule has 1 aliphatic heterocycles. The summed E-state index contributed by atoms with van der Waals surface area (Å²) in [6.07, 6.45) is 4.20. The Balaban J connectivity index is 2.04. The van der Waals surface area contributed by atoms with E-state index < -0.39 is 5.25 Å². The fourth-order valence-corrected chi connectivity index (χ4v) is 3.65. The van der Waals surface area contributed by atoms with Crippen LogP contribution < -0.4 is 0 Å². The van der Waals surface area contributed by atoms with Crippen molar-refractivity contribution in [3.05, 3.63) is 47.7 Å². The van der Waals surface area contributed by atoms with Gasteiger partial charge in [0.25, 0.3) is 5.24 Å². The maximum absolute atomic E-state index is 12.2. The number of nitrogens with zero attached hydrogens (tertiary/aromatic N) is 2. The summed E-state index contributed by atoms with van der Waals surface area (Å²) >= 11 is 1.09. The molecule has 0 saturated carbocycles. The van der Waals surface area contributed by atoms with E-state index in [0.29, 0.717) is 0 Å². The first-order valence-corrected chi connectivity index (χ1v) is 8.06. The van der Waals surface area contributed by atoms with Crippen LogP contribution in [0.4, 0.5) is 4.79 Å². The van der Waals surface area contributed by atoms with Gasteiger partial charge in [0.05, 0.1) is 0 Å². The average Bonchev–Trinajstić information content (AvgIpc) is 3.01. The SMILES string of the molecule is CC(C)=CCn1ccc2c(C3SC(=O)N(C)C3=O)cccc21. The number of imide groups is 1. The lowest BCUT2D eigenvalue weighted by Crippen LogP contribution is -2.24. The zero-order chi connectivity index (χ0) is 15.9. The molecule has 1 fully saturated rings. The lowest BCUT2D eigenvalue weighted by atomic mass is 10.1. The van der Waals surface area contributed by atoms with Crippen LogP contribution in [0.1, 0.15) is 24.7 Å². The van der Waals surface area contributed by atoms with E-state index in [9.17, 15) is 9.59 Å². The lowest BCUT2D eigenvalue weighted by Gasteiger charge is -2.10. The van der Waals surface area contributed by atoms with E-state index in [1.807, 2.05) is 30.5 Å². The minimum Gasteiger partial charge on any atom is -0.344 e. The van der Waals surface area contributed by atoms with Gasteiger partial charge >= 0.3 is 0 Å². The largest absolute Gasteiger partial charge is 0.344 e. The molecule has 1 atom stereocenters. The molecule has 0 aliphatic carbocycles. The molecule has 0 bridgehead atoms. The van der Waals surface area contributed by atoms with E-state index >= 15 is 0 Å². The summed E-state index contributed by atoms with van der Waals surface area (Å²) in [5.74, 6) is -0.139. The number of thioether (sulfide) groups is 1. The molecule has 114 valence electrons. The molecule has 2 aromatic rings. The van der Waals surface area contributed by atoms with Gasteiger partial charge in [-0.25, -0.2) is 0 Å². The van der Waals surface area contributed by atoms with Gasteiger partial charge in [-0.2, -0.15) is 0 Å². The maximum atomic E-state index is 12.2. The Hall–Kier alpha value is -2.01. The molecule has 2 amide bonds. The molecule has 4 nitrogen and oxygen atoms in total. The number of hydrogen-bond donors (Lipinski definition) is 0. The quantitative estimate of drug-likeness (QED) is 0.805. The molecule has 22 heavy (non-hydrogen) atoms. The van der Waals surface area contributed by atoms with Crippen molar-refractivity contribution in [1.29, 1.82) is 0 Å². The van der Waals surface area contributed by atoms with Gasteiger partial charge in [-0.3, -0.25) is 14.5 Å². The van der Waals surface area contributed by atoms with E-state index in [1.165, 1.54) is 17.5 Å². The molecule has 1 aromatic heterocycles. The van der Waals surface area contributed by atoms with Gasteiger partial charge in [-0.1, -0.05) is 23.8 Å². The number of allylic oxidation sites excluding steroid dienone is 2. The van der Waals surface area contributed by atoms with Crippen molar-refractivity contribution in [3.63, 3.8) is 0 Å². The van der Waals surface area contributed by atoms with Crippen LogP contribution in [-0.4, -0.2) is 27.7 Å². The Morgan fingerprint density at radius 2 is 2.05 bits per heavy atom. The molecule has 0 N–H and O–H groups in total. The Bertz CT molecular complexity index is 787. The van der Waals surface area contributed by atoms with Crippen LogP contribution in [0.3, 0.4) is 0 Å². The highest BCUT2D eigenvalue weighted by molar-refractivity contribution is 8.15. The molecular formula is C17H18N2O2S. The van der Waals surface area contributed by atoms with Crippen LogP contribution in [0, 0.1) is 0 Å². The van der Waals surface area contributed by atoms with Gasteiger partial charge in [-0.05, 0) is 43.3 Å². The van der Waals surface area contributed by atoms with Crippen molar-refractivity contribution in [2.75, 3.05) is 7.05 Å². The predicted octanol–water partition coefficient (Wildman–Crippen LogP) is 3.97. The van der Waals surface area contributed by atoms with Crippen LogP contribution >= 0.6 is 11.8 Å². The number of likely N-dealkylation sites (N-methyl/N-ethyl adjacent to an activating group) is 1. The fraction of sp³-hybridized carbons (Fsp3) is 0.294. The van der Waals surface area contributed by atoms with Crippen LogP contribution in [0.2, 0.25) is 0 Å². The second kappa shape index (κ2) is 5.65. The summed E-state index contributed by atoms with van der Waals surface area (Å²) in [6.45, 7) is 4.96. The molecule has 1 aliphatic rings. The van der Waals surface area contributed by atoms with Crippen molar-refractivity contribution in [2.24, 2.45) is 0 Å². The topological polar surface area (TPSA) is 42.3 Å². The monoisotopic (exact) mass is 314 g/mol. The summed E-state index contributed by atoms with van der Waals surface area (Å²) in [7, 11) is 1.54. The van der Waals surface area contributed by atoms with Gasteiger partial charge in [0, 0.05) is 30.7 Å². The summed E-state index contributed by atoms with van der Waals surface area (Å²) in [6, 6.07) is 7.97. The van der Waals surface area contributed by atoms with Gasteiger partial charge in [-0.15, -0.1) is 0 Å². The highest BCUT2D eigenvalue weighted by atomic mass is 32.2. The first-order chi connectivity index (χ1) is 10.5. The molecule has 1 unspecified atom stereocenters. The summed E-state index contributed by atoms with van der Waals surface area (Å²) < 4.78 is 2.15. The number of aromatic nitrogens is 1. The second-order valence-electron chi connectivity index (χ2n) is 5.69. The highest BCUT2D eigenvalue weighted by Gasteiger charge is 2.38. The first kappa shape index (κ1) is 14.9. The Morgan fingerprint density at radius 3 is 2.68 bits per heavy atom. The smallest absolute Gasteiger partial charge is 0.289 e. The third-order valence-electron chi connectivity index (χ3n) is 3.87. The zero-order valence-corrected chi connectivity index (χ0v) is 13.7. The minimum atomic E-state index is -0.430. The number of hydrogen-bond acceptors (Lipinski definition) is 3. The van der Waals surface area contributed by atoms with Gasteiger partial charge in [0.15, 0.2) is 0 Å². The first-order valence-electron chi connectivity index (χ1n) is 7.18. The van der Waals surface area contributed by atoms with Gasteiger partial charge in [0.1, 0.15) is 5.25 Å². The number of amides is 2. The third kappa shape index (κ3) is 2.46. The van der Waals surface area contributed by atoms with E-state index in [0.717, 1.165) is 34.8 Å². The normalized spacial score (nSPS) is 18.3. The predicted molar refractivity (Wildman–Crippen MR) is 89.9 cm³/mol. The Labute approximate surface area is 133 Å². The Morgan fingerprint density at radius 1 is 1.27 bits per heavy atom. The minimum absolute atomic E-state index is 0.139. The molecule has 0 radical (unpaired) electrons. The number of benzene rings is 1.